The van der Waals surface area contributed by atoms with Crippen LogP contribution in [0.3, 0.4) is 0 Å². The number of thiazole rings is 1. The van der Waals surface area contributed by atoms with Crippen LogP contribution < -0.4 is 16.4 Å². The molecule has 1 unspecified atom stereocenters. The highest BCUT2D eigenvalue weighted by atomic mass is 35.5. The van der Waals surface area contributed by atoms with E-state index in [4.69, 9.17) is 31.9 Å². The maximum Gasteiger partial charge on any atom is 0.356 e. The monoisotopic (exact) mass is 878 g/mol. The Hall–Kier alpha value is -5.01. The molecule has 2 aliphatic heterocycles. The second-order valence-corrected chi connectivity index (χ2v) is 18.8. The highest BCUT2D eigenvalue weighted by molar-refractivity contribution is 8.07. The van der Waals surface area contributed by atoms with E-state index in [1.165, 1.54) is 28.4 Å². The minimum Gasteiger partial charge on any atom is -0.455 e. The minimum absolute atomic E-state index is 0.0436. The van der Waals surface area contributed by atoms with E-state index in [1.54, 1.807) is 20.8 Å². The average molecular weight is 879 g/mol. The Morgan fingerprint density at radius 2 is 1.59 bits per heavy atom. The lowest BCUT2D eigenvalue weighted by atomic mass is 9.77. The smallest absolute Gasteiger partial charge is 0.356 e. The van der Waals surface area contributed by atoms with Gasteiger partial charge in [0.25, 0.3) is 11.8 Å². The van der Waals surface area contributed by atoms with Crippen molar-refractivity contribution in [2.24, 2.45) is 5.16 Å². The Morgan fingerprint density at radius 1 is 0.983 bits per heavy atom. The fourth-order valence-electron chi connectivity index (χ4n) is 6.34. The van der Waals surface area contributed by atoms with Crippen molar-refractivity contribution in [3.8, 4) is 0 Å². The van der Waals surface area contributed by atoms with Gasteiger partial charge in [-0.05, 0) is 37.5 Å². The molecule has 19 heteroatoms. The molecule has 2 atom stereocenters. The number of anilines is 2. The second kappa shape index (κ2) is 17.5. The van der Waals surface area contributed by atoms with Crippen LogP contribution in [0.1, 0.15) is 43.2 Å². The van der Waals surface area contributed by atoms with Crippen LogP contribution in [0.5, 0.6) is 0 Å². The van der Waals surface area contributed by atoms with Gasteiger partial charge in [0, 0.05) is 10.7 Å². The summed E-state index contributed by atoms with van der Waals surface area (Å²) in [6.45, 7) is 3.85. The van der Waals surface area contributed by atoms with E-state index in [-0.39, 0.29) is 26.6 Å². The van der Waals surface area contributed by atoms with Crippen molar-refractivity contribution >= 4 is 91.6 Å². The second-order valence-electron chi connectivity index (χ2n) is 13.7. The zero-order chi connectivity index (χ0) is 41.0. The van der Waals surface area contributed by atoms with E-state index in [1.807, 2.05) is 91.0 Å². The first-order valence-electron chi connectivity index (χ1n) is 17.8. The number of amides is 2. The Kier molecular flexibility index (Phi) is 12.4. The number of nitrogen functional groups attached to an aromatic ring is 1. The molecule has 0 spiro atoms. The number of esters is 1. The fourth-order valence-corrected chi connectivity index (χ4v) is 10.7. The van der Waals surface area contributed by atoms with E-state index in [0.29, 0.717) is 20.1 Å². The molecule has 1 saturated heterocycles. The van der Waals surface area contributed by atoms with Gasteiger partial charge in [-0.15, -0.1) is 22.0 Å². The molecular formula is C39H36ClFN8O5S4. The molecule has 4 N–H and O–H groups in total. The van der Waals surface area contributed by atoms with Crippen molar-refractivity contribution in [1.82, 2.24) is 25.4 Å². The van der Waals surface area contributed by atoms with Gasteiger partial charge in [0.2, 0.25) is 5.13 Å². The molecule has 13 nitrogen and oxygen atoms in total. The standard InChI is InChI=1S/C39H36ClFN8O5S4/c1-38(2,3)54-34(52)29-25(56-37-47-46-35(42)58-37)21-55-33-28(32(51)49(29)33)43-31(50)27(48-53-20-19-41)26-30(40)57-36(44-26)45-39(22-13-7-4-8-14-22,23-15-9-5-10-16-23)24-17-11-6-12-18-24/h4-18,28,33H,19-21H2,1-3H3,(H2,42,46)(H,43,50)(H,44,45)/b48-27+/t28-,33?/m1/s1. The maximum atomic E-state index is 14.1. The zero-order valence-corrected chi connectivity index (χ0v) is 35.2. The van der Waals surface area contributed by atoms with Crippen LogP contribution in [0, 0.1) is 0 Å². The summed E-state index contributed by atoms with van der Waals surface area (Å²) in [5.74, 6) is -1.82. The van der Waals surface area contributed by atoms with Crippen LogP contribution in [0.4, 0.5) is 14.7 Å². The van der Waals surface area contributed by atoms with Gasteiger partial charge in [0.15, 0.2) is 15.2 Å². The normalized spacial score (nSPS) is 17.0. The largest absolute Gasteiger partial charge is 0.455 e. The quantitative estimate of drug-likeness (QED) is 0.0259. The van der Waals surface area contributed by atoms with Crippen LogP contribution in [0.2, 0.25) is 4.34 Å². The van der Waals surface area contributed by atoms with Gasteiger partial charge in [0.05, 0.1) is 0 Å². The van der Waals surface area contributed by atoms with Gasteiger partial charge < -0.3 is 25.9 Å². The van der Waals surface area contributed by atoms with Crippen LogP contribution in [0.25, 0.3) is 0 Å². The maximum absolute atomic E-state index is 14.1. The topological polar surface area (TPSA) is 174 Å². The summed E-state index contributed by atoms with van der Waals surface area (Å²) in [6.07, 6.45) is 0. The number of hydrogen-bond acceptors (Lipinski definition) is 15. The Bertz CT molecular complexity index is 2260. The number of oxime groups is 1. The van der Waals surface area contributed by atoms with Crippen molar-refractivity contribution in [2.75, 3.05) is 30.1 Å². The van der Waals surface area contributed by atoms with Crippen LogP contribution in [-0.4, -0.2) is 79.6 Å². The number of nitrogens with two attached hydrogens (primary N) is 1. The number of rotatable bonds is 14. The predicted molar refractivity (Wildman–Crippen MR) is 226 cm³/mol. The van der Waals surface area contributed by atoms with Gasteiger partial charge in [-0.1, -0.05) is 142 Å². The van der Waals surface area contributed by atoms with E-state index in [9.17, 15) is 18.8 Å². The summed E-state index contributed by atoms with van der Waals surface area (Å²) in [5.41, 5.74) is 6.32. The predicted octanol–water partition coefficient (Wildman–Crippen LogP) is 7.07. The van der Waals surface area contributed by atoms with Gasteiger partial charge in [0.1, 0.15) is 51.6 Å². The fraction of sp³-hybridized carbons (Fsp3) is 0.256. The lowest BCUT2D eigenvalue weighted by Gasteiger charge is -2.49. The van der Waals surface area contributed by atoms with E-state index in [2.05, 4.69) is 26.0 Å². The third-order valence-electron chi connectivity index (χ3n) is 8.71. The molecule has 4 heterocycles. The number of nitrogens with one attached hydrogen (secondary N) is 2. The highest BCUT2D eigenvalue weighted by Gasteiger charge is 2.55. The molecule has 2 amide bonds. The number of aromatic nitrogens is 3. The van der Waals surface area contributed by atoms with Gasteiger partial charge >= 0.3 is 5.97 Å². The number of carbonyl (C=O) groups excluding carboxylic acids is 3. The number of β-lactam (4-membered cyclic amide) rings is 1. The number of halogens is 2. The molecule has 7 rings (SSSR count). The zero-order valence-electron chi connectivity index (χ0n) is 31.2. The number of thioether (sulfide) groups is 2. The Morgan fingerprint density at radius 3 is 2.12 bits per heavy atom. The van der Waals surface area contributed by atoms with Crippen LogP contribution in [0.15, 0.2) is 111 Å². The third kappa shape index (κ3) is 8.56. The molecule has 0 aliphatic carbocycles. The SMILES string of the molecule is CC(C)(C)OC(=O)C1=C(Sc2nnc(N)s2)CSC2[C@H](NC(=O)/C(=N/OCCF)c3nc(NC(c4ccccc4)(c4ccccc4)c4ccccc4)sc3Cl)C(=O)N12. The summed E-state index contributed by atoms with van der Waals surface area (Å²) in [7, 11) is 0. The first-order valence-corrected chi connectivity index (χ1v) is 21.6. The first-order chi connectivity index (χ1) is 27.9. The lowest BCUT2D eigenvalue weighted by molar-refractivity contribution is -0.158. The third-order valence-corrected chi connectivity index (χ3v) is 13.2. The number of alkyl halides is 1. The molecule has 58 heavy (non-hydrogen) atoms. The summed E-state index contributed by atoms with van der Waals surface area (Å²) >= 11 is 11.6. The van der Waals surface area contributed by atoms with Crippen molar-refractivity contribution in [1.29, 1.82) is 0 Å². The number of benzene rings is 3. The van der Waals surface area contributed by atoms with Gasteiger partial charge in [-0.25, -0.2) is 14.2 Å². The molecule has 300 valence electrons. The first kappa shape index (κ1) is 41.2. The molecule has 0 radical (unpaired) electrons. The van der Waals surface area contributed by atoms with E-state index in [0.717, 1.165) is 39.4 Å². The van der Waals surface area contributed by atoms with E-state index >= 15 is 0 Å². The summed E-state index contributed by atoms with van der Waals surface area (Å²) in [5, 5.41) is 18.2. The Balaban J connectivity index is 1.19. The van der Waals surface area contributed by atoms with Crippen molar-refractivity contribution in [3.63, 3.8) is 0 Å². The molecule has 0 bridgehead atoms. The molecule has 1 fully saturated rings. The van der Waals surface area contributed by atoms with Crippen molar-refractivity contribution in [3.05, 3.63) is 128 Å². The molecular weight excluding hydrogens is 843 g/mol. The lowest BCUT2D eigenvalue weighted by Crippen LogP contribution is -2.71. The molecule has 3 aromatic carbocycles. The highest BCUT2D eigenvalue weighted by Crippen LogP contribution is 2.47. The van der Waals surface area contributed by atoms with Crippen LogP contribution in [-0.2, 0) is 29.5 Å². The summed E-state index contributed by atoms with van der Waals surface area (Å²) < 4.78 is 19.5. The number of carbonyl (C=O) groups is 3. The van der Waals surface area contributed by atoms with Crippen molar-refractivity contribution in [2.45, 2.75) is 47.7 Å². The molecule has 2 aromatic heterocycles. The number of ether oxygens (including phenoxy) is 1. The number of fused-ring (bicyclic) bond motifs is 1. The van der Waals surface area contributed by atoms with Gasteiger partial charge in [-0.2, -0.15) is 0 Å². The minimum atomic E-state index is -1.08. The Labute approximate surface area is 354 Å². The molecule has 5 aromatic rings. The summed E-state index contributed by atoms with van der Waals surface area (Å²) in [4.78, 5) is 53.4. The summed E-state index contributed by atoms with van der Waals surface area (Å²) in [6, 6.07) is 28.5. The number of nitrogens with zero attached hydrogens (tertiary/aromatic N) is 5. The van der Waals surface area contributed by atoms with Crippen LogP contribution >= 0.6 is 57.8 Å². The number of hydrogen-bond donors (Lipinski definition) is 3. The molecule has 0 saturated carbocycles. The average Bonchev–Trinajstić information content (AvgIpc) is 3.80. The van der Waals surface area contributed by atoms with Gasteiger partial charge in [-0.3, -0.25) is 14.5 Å². The van der Waals surface area contributed by atoms with E-state index < -0.39 is 53.6 Å². The molecule has 2 aliphatic rings. The van der Waals surface area contributed by atoms with Crippen molar-refractivity contribution < 1.29 is 28.3 Å².